The van der Waals surface area contributed by atoms with Gasteiger partial charge in [0.05, 0.1) is 6.54 Å². The summed E-state index contributed by atoms with van der Waals surface area (Å²) in [6, 6.07) is 14.5. The summed E-state index contributed by atoms with van der Waals surface area (Å²) < 4.78 is 7.55. The quantitative estimate of drug-likeness (QED) is 0.605. The zero-order valence-electron chi connectivity index (χ0n) is 16.0. The van der Waals surface area contributed by atoms with Crippen molar-refractivity contribution >= 4 is 17.4 Å². The van der Waals surface area contributed by atoms with Crippen LogP contribution < -0.4 is 10.1 Å². The molecule has 2 aromatic carbocycles. The third-order valence-corrected chi connectivity index (χ3v) is 4.42. The Balaban J connectivity index is 1.59. The first kappa shape index (κ1) is 19.4. The Morgan fingerprint density at radius 2 is 1.86 bits per heavy atom. The average Bonchev–Trinajstić information content (AvgIpc) is 3.12. The molecule has 6 nitrogen and oxygen atoms in total. The van der Waals surface area contributed by atoms with Gasteiger partial charge in [-0.25, -0.2) is 4.98 Å². The number of hydrogen-bond donors (Lipinski definition) is 1. The van der Waals surface area contributed by atoms with Gasteiger partial charge in [-0.15, -0.1) is 0 Å². The van der Waals surface area contributed by atoms with Crippen LogP contribution in [0.5, 0.6) is 5.75 Å². The number of ether oxygens (including phenoxy) is 1. The van der Waals surface area contributed by atoms with Gasteiger partial charge < -0.3 is 14.6 Å². The van der Waals surface area contributed by atoms with Crippen molar-refractivity contribution in [3.8, 4) is 5.75 Å². The first-order valence-corrected chi connectivity index (χ1v) is 9.18. The lowest BCUT2D eigenvalue weighted by molar-refractivity contribution is -0.118. The fourth-order valence-electron chi connectivity index (χ4n) is 2.81. The van der Waals surface area contributed by atoms with E-state index in [0.29, 0.717) is 24.3 Å². The summed E-state index contributed by atoms with van der Waals surface area (Å²) in [5, 5.41) is 2.90. The van der Waals surface area contributed by atoms with Gasteiger partial charge in [-0.1, -0.05) is 25.1 Å². The predicted molar refractivity (Wildman–Crippen MR) is 108 cm³/mol. The largest absolute Gasteiger partial charge is 0.484 e. The van der Waals surface area contributed by atoms with Crippen LogP contribution in [0.2, 0.25) is 0 Å². The molecule has 3 aromatic rings. The molecular weight excluding hydrogens is 354 g/mol. The Kier molecular flexibility index (Phi) is 6.22. The maximum atomic E-state index is 12.3. The SMILES string of the molecule is CCC(=O)c1ccc(OCC(=O)Nc2ccccc2Cn2ccnc2C)cc1. The lowest BCUT2D eigenvalue weighted by Gasteiger charge is -2.13. The van der Waals surface area contributed by atoms with Crippen molar-refractivity contribution in [1.82, 2.24) is 9.55 Å². The molecule has 0 unspecified atom stereocenters. The van der Waals surface area contributed by atoms with E-state index in [9.17, 15) is 9.59 Å². The highest BCUT2D eigenvalue weighted by Gasteiger charge is 2.09. The highest BCUT2D eigenvalue weighted by molar-refractivity contribution is 5.96. The van der Waals surface area contributed by atoms with E-state index in [2.05, 4.69) is 10.3 Å². The van der Waals surface area contributed by atoms with Gasteiger partial charge in [-0.3, -0.25) is 9.59 Å². The van der Waals surface area contributed by atoms with Gasteiger partial charge in [-0.05, 0) is 42.8 Å². The standard InChI is InChI=1S/C22H23N3O3/c1-3-21(26)17-8-10-19(11-9-17)28-15-22(27)24-20-7-5-4-6-18(20)14-25-13-12-23-16(25)2/h4-13H,3,14-15H2,1-2H3,(H,24,27). The van der Waals surface area contributed by atoms with E-state index in [0.717, 1.165) is 17.1 Å². The molecule has 1 heterocycles. The van der Waals surface area contributed by atoms with Crippen LogP contribution in [0.3, 0.4) is 0 Å². The minimum absolute atomic E-state index is 0.0778. The van der Waals surface area contributed by atoms with Gasteiger partial charge in [0.2, 0.25) is 0 Å². The summed E-state index contributed by atoms with van der Waals surface area (Å²) in [5.41, 5.74) is 2.37. The van der Waals surface area contributed by atoms with Crippen LogP contribution in [0.1, 0.15) is 35.1 Å². The topological polar surface area (TPSA) is 73.2 Å². The van der Waals surface area contributed by atoms with Crippen LogP contribution in [0.25, 0.3) is 0 Å². The summed E-state index contributed by atoms with van der Waals surface area (Å²) in [6.45, 7) is 4.27. The molecule has 0 aliphatic heterocycles. The summed E-state index contributed by atoms with van der Waals surface area (Å²) in [4.78, 5) is 28.2. The molecule has 0 bridgehead atoms. The highest BCUT2D eigenvalue weighted by Crippen LogP contribution is 2.18. The molecule has 0 spiro atoms. The van der Waals surface area contributed by atoms with E-state index in [1.54, 1.807) is 30.5 Å². The van der Waals surface area contributed by atoms with Gasteiger partial charge in [0, 0.05) is 30.1 Å². The van der Waals surface area contributed by atoms with Gasteiger partial charge >= 0.3 is 0 Å². The number of ketones is 1. The molecule has 3 rings (SSSR count). The number of para-hydroxylation sites is 1. The number of aryl methyl sites for hydroxylation is 1. The van der Waals surface area contributed by atoms with Gasteiger partial charge in [0.15, 0.2) is 12.4 Å². The second-order valence-electron chi connectivity index (χ2n) is 6.40. The Labute approximate surface area is 164 Å². The number of hydrogen-bond acceptors (Lipinski definition) is 4. The molecule has 1 aromatic heterocycles. The van der Waals surface area contributed by atoms with E-state index in [-0.39, 0.29) is 18.3 Å². The molecule has 0 aliphatic carbocycles. The number of Topliss-reactive ketones (excluding diaryl/α,β-unsaturated/α-hetero) is 1. The van der Waals surface area contributed by atoms with Crippen molar-refractivity contribution in [2.75, 3.05) is 11.9 Å². The third kappa shape index (κ3) is 4.85. The maximum absolute atomic E-state index is 12.3. The average molecular weight is 377 g/mol. The van der Waals surface area contributed by atoms with E-state index in [4.69, 9.17) is 4.74 Å². The van der Waals surface area contributed by atoms with Crippen molar-refractivity contribution in [3.05, 3.63) is 77.9 Å². The van der Waals surface area contributed by atoms with Crippen molar-refractivity contribution in [1.29, 1.82) is 0 Å². The minimum atomic E-state index is -0.247. The number of aromatic nitrogens is 2. The first-order chi connectivity index (χ1) is 13.6. The number of nitrogens with one attached hydrogen (secondary N) is 1. The fourth-order valence-corrected chi connectivity index (χ4v) is 2.81. The van der Waals surface area contributed by atoms with E-state index < -0.39 is 0 Å². The highest BCUT2D eigenvalue weighted by atomic mass is 16.5. The van der Waals surface area contributed by atoms with Crippen molar-refractivity contribution in [3.63, 3.8) is 0 Å². The van der Waals surface area contributed by atoms with Crippen molar-refractivity contribution < 1.29 is 14.3 Å². The molecule has 0 saturated carbocycles. The molecule has 0 fully saturated rings. The number of anilines is 1. The lowest BCUT2D eigenvalue weighted by atomic mass is 10.1. The number of benzene rings is 2. The van der Waals surface area contributed by atoms with Crippen molar-refractivity contribution in [2.45, 2.75) is 26.8 Å². The molecule has 0 saturated heterocycles. The number of amides is 1. The molecule has 144 valence electrons. The zero-order chi connectivity index (χ0) is 19.9. The van der Waals surface area contributed by atoms with Gasteiger partial charge in [-0.2, -0.15) is 0 Å². The normalized spacial score (nSPS) is 10.5. The van der Waals surface area contributed by atoms with E-state index in [1.807, 2.05) is 48.9 Å². The van der Waals surface area contributed by atoms with E-state index >= 15 is 0 Å². The molecule has 0 radical (unpaired) electrons. The van der Waals surface area contributed by atoms with Crippen LogP contribution in [0.15, 0.2) is 60.9 Å². The summed E-state index contributed by atoms with van der Waals surface area (Å²) in [7, 11) is 0. The summed E-state index contributed by atoms with van der Waals surface area (Å²) in [6.07, 6.45) is 4.12. The number of imidazole rings is 1. The molecule has 1 N–H and O–H groups in total. The molecule has 6 heteroatoms. The monoisotopic (exact) mass is 377 g/mol. The second kappa shape index (κ2) is 8.99. The molecular formula is C22H23N3O3. The smallest absolute Gasteiger partial charge is 0.262 e. The van der Waals surface area contributed by atoms with Gasteiger partial charge in [0.1, 0.15) is 11.6 Å². The second-order valence-corrected chi connectivity index (χ2v) is 6.40. The molecule has 1 amide bonds. The Bertz CT molecular complexity index is 961. The Morgan fingerprint density at radius 3 is 2.54 bits per heavy atom. The maximum Gasteiger partial charge on any atom is 0.262 e. The van der Waals surface area contributed by atoms with Crippen LogP contribution in [0, 0.1) is 6.92 Å². The van der Waals surface area contributed by atoms with Gasteiger partial charge in [0.25, 0.3) is 5.91 Å². The summed E-state index contributed by atoms with van der Waals surface area (Å²) in [5.74, 6) is 1.29. The molecule has 0 aliphatic rings. The fraction of sp³-hybridized carbons (Fsp3) is 0.227. The molecule has 28 heavy (non-hydrogen) atoms. The number of nitrogens with zero attached hydrogens (tertiary/aromatic N) is 2. The predicted octanol–water partition coefficient (Wildman–Crippen LogP) is 3.85. The number of carbonyl (C=O) groups is 2. The number of carbonyl (C=O) groups excluding carboxylic acids is 2. The van der Waals surface area contributed by atoms with Crippen LogP contribution in [-0.2, 0) is 11.3 Å². The Hall–Kier alpha value is -3.41. The first-order valence-electron chi connectivity index (χ1n) is 9.18. The van der Waals surface area contributed by atoms with Crippen molar-refractivity contribution in [2.24, 2.45) is 0 Å². The minimum Gasteiger partial charge on any atom is -0.484 e. The third-order valence-electron chi connectivity index (χ3n) is 4.42. The Morgan fingerprint density at radius 1 is 1.11 bits per heavy atom. The van der Waals surface area contributed by atoms with Crippen LogP contribution in [0.4, 0.5) is 5.69 Å². The summed E-state index contributed by atoms with van der Waals surface area (Å²) >= 11 is 0. The lowest BCUT2D eigenvalue weighted by Crippen LogP contribution is -2.21. The van der Waals surface area contributed by atoms with Crippen LogP contribution >= 0.6 is 0 Å². The van der Waals surface area contributed by atoms with Crippen LogP contribution in [-0.4, -0.2) is 27.8 Å². The van der Waals surface area contributed by atoms with E-state index in [1.165, 1.54) is 0 Å². The number of rotatable bonds is 8. The zero-order valence-corrected chi connectivity index (χ0v) is 16.0. The molecule has 0 atom stereocenters.